The molecule has 1 aliphatic heterocycles. The van der Waals surface area contributed by atoms with Gasteiger partial charge in [0.15, 0.2) is 11.3 Å². The predicted molar refractivity (Wildman–Crippen MR) is 108 cm³/mol. The number of nitrogens with one attached hydrogen (secondary N) is 1. The molecule has 1 N–H and O–H groups in total. The number of nitriles is 1. The smallest absolute Gasteiger partial charge is 0.322 e. The van der Waals surface area contributed by atoms with Gasteiger partial charge >= 0.3 is 12.4 Å². The molecule has 0 spiro atoms. The van der Waals surface area contributed by atoms with E-state index in [1.807, 2.05) is 6.92 Å². The number of likely N-dealkylation sites (tertiary alicyclic amines) is 1. The van der Waals surface area contributed by atoms with Crippen LogP contribution >= 0.6 is 0 Å². The second-order valence-electron chi connectivity index (χ2n) is 7.31. The molecule has 32 heavy (non-hydrogen) atoms. The van der Waals surface area contributed by atoms with Gasteiger partial charge in [-0.1, -0.05) is 6.07 Å². The molecule has 0 unspecified atom stereocenters. The highest BCUT2D eigenvalue weighted by Crippen LogP contribution is 2.31. The number of alkyl halides is 3. The summed E-state index contributed by atoms with van der Waals surface area (Å²) in [6.45, 7) is 1.85. The van der Waals surface area contributed by atoms with E-state index >= 15 is 0 Å². The molecule has 4 rings (SSSR count). The summed E-state index contributed by atoms with van der Waals surface area (Å²) in [6, 6.07) is 8.45. The van der Waals surface area contributed by atoms with Gasteiger partial charge < -0.3 is 10.2 Å². The molecule has 3 heterocycles. The molecule has 11 heteroatoms. The van der Waals surface area contributed by atoms with E-state index in [4.69, 9.17) is 0 Å². The molecule has 8 nitrogen and oxygen atoms in total. The summed E-state index contributed by atoms with van der Waals surface area (Å²) >= 11 is 0. The number of urea groups is 1. The molecule has 1 aromatic carbocycles. The summed E-state index contributed by atoms with van der Waals surface area (Å²) in [6.07, 6.45) is -2.78. The first-order valence-corrected chi connectivity index (χ1v) is 9.66. The van der Waals surface area contributed by atoms with Gasteiger partial charge in [-0.2, -0.15) is 5.26 Å². The molecule has 2 aromatic heterocycles. The van der Waals surface area contributed by atoms with Crippen molar-refractivity contribution in [2.24, 2.45) is 0 Å². The summed E-state index contributed by atoms with van der Waals surface area (Å²) in [5, 5.41) is 12.9. The molecule has 0 bridgehead atoms. The summed E-state index contributed by atoms with van der Waals surface area (Å²) in [7, 11) is 0. The number of pyridine rings is 1. The van der Waals surface area contributed by atoms with Crippen molar-refractivity contribution in [3.8, 4) is 17.2 Å². The van der Waals surface area contributed by atoms with E-state index in [9.17, 15) is 23.2 Å². The Morgan fingerprint density at radius 3 is 2.88 bits per heavy atom. The van der Waals surface area contributed by atoms with E-state index in [1.54, 1.807) is 30.5 Å². The Balaban J connectivity index is 1.57. The number of ether oxygens (including phenoxy) is 1. The van der Waals surface area contributed by atoms with Gasteiger partial charge in [0, 0.05) is 35.9 Å². The third-order valence-corrected chi connectivity index (χ3v) is 5.11. The first-order valence-electron chi connectivity index (χ1n) is 9.66. The number of benzene rings is 1. The van der Waals surface area contributed by atoms with Crippen LogP contribution in [0.25, 0.3) is 22.2 Å². The molecule has 164 valence electrons. The van der Waals surface area contributed by atoms with Crippen LogP contribution in [0.3, 0.4) is 0 Å². The van der Waals surface area contributed by atoms with E-state index in [-0.39, 0.29) is 25.2 Å². The molecule has 0 aliphatic carbocycles. The van der Waals surface area contributed by atoms with E-state index < -0.39 is 18.5 Å². The highest BCUT2D eigenvalue weighted by atomic mass is 19.4. The molecule has 1 saturated heterocycles. The number of anilines is 1. The Kier molecular flexibility index (Phi) is 5.63. The molecule has 2 amide bonds. The van der Waals surface area contributed by atoms with E-state index in [1.165, 1.54) is 11.2 Å². The predicted octanol–water partition coefficient (Wildman–Crippen LogP) is 4.01. The zero-order chi connectivity index (χ0) is 22.9. The number of aromatic nitrogens is 3. The van der Waals surface area contributed by atoms with Crippen LogP contribution in [-0.4, -0.2) is 51.4 Å². The molecule has 1 aliphatic rings. The Morgan fingerprint density at radius 1 is 1.31 bits per heavy atom. The average Bonchev–Trinajstić information content (AvgIpc) is 3.21. The van der Waals surface area contributed by atoms with Crippen LogP contribution in [0.4, 0.5) is 23.7 Å². The minimum atomic E-state index is -4.74. The number of carbonyl (C=O) groups excluding carboxylic acids is 1. The third-order valence-electron chi connectivity index (χ3n) is 5.11. The molecule has 0 saturated carbocycles. The SMILES string of the molecule is Cc1ccc(NC(=O)N2CC[C@@H](OC(F)(F)F)C2)cc1-c1cc2cncnc2nc1C#N. The number of hydrogen-bond acceptors (Lipinski definition) is 6. The van der Waals surface area contributed by atoms with Gasteiger partial charge in [-0.15, -0.1) is 13.2 Å². The maximum absolute atomic E-state index is 12.6. The van der Waals surface area contributed by atoms with Gasteiger partial charge in [-0.25, -0.2) is 19.7 Å². The van der Waals surface area contributed by atoms with Crippen molar-refractivity contribution in [1.29, 1.82) is 5.26 Å². The molecule has 3 aromatic rings. The number of aryl methyl sites for hydroxylation is 1. The van der Waals surface area contributed by atoms with E-state index in [2.05, 4.69) is 31.1 Å². The molecule has 1 atom stereocenters. The van der Waals surface area contributed by atoms with Gasteiger partial charge in [-0.05, 0) is 42.7 Å². The Bertz CT molecular complexity index is 1220. The Labute approximate surface area is 180 Å². The highest BCUT2D eigenvalue weighted by Gasteiger charge is 2.37. The quantitative estimate of drug-likeness (QED) is 0.657. The lowest BCUT2D eigenvalue weighted by Crippen LogP contribution is -2.35. The maximum atomic E-state index is 12.6. The number of halogens is 3. The van der Waals surface area contributed by atoms with Crippen molar-refractivity contribution in [1.82, 2.24) is 19.9 Å². The molecule has 1 fully saturated rings. The molecular weight excluding hydrogens is 425 g/mol. The molecule has 0 radical (unpaired) electrons. The number of amides is 2. The summed E-state index contributed by atoms with van der Waals surface area (Å²) < 4.78 is 41.2. The zero-order valence-electron chi connectivity index (χ0n) is 16.8. The normalized spacial score (nSPS) is 16.2. The van der Waals surface area contributed by atoms with Gasteiger partial charge in [0.25, 0.3) is 0 Å². The maximum Gasteiger partial charge on any atom is 0.522 e. The number of rotatable bonds is 3. The van der Waals surface area contributed by atoms with E-state index in [0.717, 1.165) is 5.56 Å². The van der Waals surface area contributed by atoms with Crippen molar-refractivity contribution in [2.75, 3.05) is 18.4 Å². The van der Waals surface area contributed by atoms with Crippen molar-refractivity contribution in [3.05, 3.63) is 48.0 Å². The summed E-state index contributed by atoms with van der Waals surface area (Å²) in [5.74, 6) is 0. The highest BCUT2D eigenvalue weighted by molar-refractivity contribution is 5.91. The average molecular weight is 442 g/mol. The van der Waals surface area contributed by atoms with Crippen LogP contribution in [0.15, 0.2) is 36.8 Å². The van der Waals surface area contributed by atoms with Crippen LogP contribution in [0.5, 0.6) is 0 Å². The lowest BCUT2D eigenvalue weighted by Gasteiger charge is -2.19. The zero-order valence-corrected chi connectivity index (χ0v) is 16.8. The Hall–Kier alpha value is -3.78. The van der Waals surface area contributed by atoms with Gasteiger partial charge in [0.2, 0.25) is 0 Å². The van der Waals surface area contributed by atoms with Gasteiger partial charge in [0.1, 0.15) is 12.4 Å². The van der Waals surface area contributed by atoms with Crippen LogP contribution in [0.2, 0.25) is 0 Å². The fraction of sp³-hybridized carbons (Fsp3) is 0.286. The minimum Gasteiger partial charge on any atom is -0.322 e. The standard InChI is InChI=1S/C21H17F3N6O2/c1-12-2-3-14(28-20(31)30-5-4-15(10-30)32-21(22,23)24)7-16(12)17-6-13-9-26-11-27-19(13)29-18(17)8-25/h2-3,6-7,9,11,15H,4-5,10H2,1H3,(H,28,31)/t15-/m1/s1. The number of hydrogen-bond donors (Lipinski definition) is 1. The second-order valence-corrected chi connectivity index (χ2v) is 7.31. The van der Waals surface area contributed by atoms with Crippen LogP contribution in [0.1, 0.15) is 17.7 Å². The number of fused-ring (bicyclic) bond motifs is 1. The lowest BCUT2D eigenvalue weighted by molar-refractivity contribution is -0.340. The van der Waals surface area contributed by atoms with E-state index in [0.29, 0.717) is 27.8 Å². The number of carbonyl (C=O) groups is 1. The van der Waals surface area contributed by atoms with Crippen molar-refractivity contribution >= 4 is 22.8 Å². The fourth-order valence-electron chi connectivity index (χ4n) is 3.60. The van der Waals surface area contributed by atoms with Gasteiger partial charge in [-0.3, -0.25) is 4.74 Å². The van der Waals surface area contributed by atoms with Crippen LogP contribution in [0, 0.1) is 18.3 Å². The van der Waals surface area contributed by atoms with Crippen molar-refractivity contribution in [3.63, 3.8) is 0 Å². The topological polar surface area (TPSA) is 104 Å². The fourth-order valence-corrected chi connectivity index (χ4v) is 3.60. The first kappa shape index (κ1) is 21.5. The first-order chi connectivity index (χ1) is 15.2. The number of nitrogens with zero attached hydrogens (tertiary/aromatic N) is 5. The lowest BCUT2D eigenvalue weighted by atomic mass is 9.98. The van der Waals surface area contributed by atoms with Crippen LogP contribution < -0.4 is 5.32 Å². The van der Waals surface area contributed by atoms with Crippen LogP contribution in [-0.2, 0) is 4.74 Å². The van der Waals surface area contributed by atoms with Crippen molar-refractivity contribution in [2.45, 2.75) is 25.8 Å². The van der Waals surface area contributed by atoms with Crippen molar-refractivity contribution < 1.29 is 22.7 Å². The molecular formula is C21H17F3N6O2. The Morgan fingerprint density at radius 2 is 2.12 bits per heavy atom. The summed E-state index contributed by atoms with van der Waals surface area (Å²) in [5.41, 5.74) is 3.09. The van der Waals surface area contributed by atoms with Gasteiger partial charge in [0.05, 0.1) is 6.10 Å². The third kappa shape index (κ3) is 4.60. The minimum absolute atomic E-state index is 0.0996. The largest absolute Gasteiger partial charge is 0.522 e. The summed E-state index contributed by atoms with van der Waals surface area (Å²) in [4.78, 5) is 26.1. The monoisotopic (exact) mass is 442 g/mol. The second kappa shape index (κ2) is 8.39.